The van der Waals surface area contributed by atoms with E-state index in [1.807, 2.05) is 12.5 Å². The molecule has 0 saturated heterocycles. The van der Waals surface area contributed by atoms with E-state index in [0.29, 0.717) is 0 Å². The minimum absolute atomic E-state index is 0.0979. The quantitative estimate of drug-likeness (QED) is 0.913. The molecule has 2 aromatic rings. The molecule has 1 aromatic heterocycles. The zero-order valence-electron chi connectivity index (χ0n) is 12.8. The van der Waals surface area contributed by atoms with E-state index < -0.39 is 0 Å². The molecule has 0 atom stereocenters. The van der Waals surface area contributed by atoms with Crippen LogP contribution in [-0.4, -0.2) is 15.1 Å². The molecule has 0 aliphatic heterocycles. The van der Waals surface area contributed by atoms with Crippen molar-refractivity contribution in [3.05, 3.63) is 46.0 Å². The number of aryl methyl sites for hydroxylation is 2. The summed E-state index contributed by atoms with van der Waals surface area (Å²) in [5, 5.41) is 3.50. The van der Waals surface area contributed by atoms with Crippen LogP contribution < -0.4 is 5.32 Å². The lowest BCUT2D eigenvalue weighted by molar-refractivity contribution is 0.419. The summed E-state index contributed by atoms with van der Waals surface area (Å²) in [6.07, 6.45) is 3.80. The van der Waals surface area contributed by atoms with Crippen molar-refractivity contribution in [2.75, 3.05) is 0 Å². The maximum atomic E-state index is 4.29. The SMILES string of the molecule is Cc1cc(-n2cncc2CNC(C)(C)C)cc(C)c1Br. The van der Waals surface area contributed by atoms with Crippen LogP contribution in [0.15, 0.2) is 29.1 Å². The van der Waals surface area contributed by atoms with Crippen LogP contribution in [0.2, 0.25) is 0 Å². The summed E-state index contributed by atoms with van der Waals surface area (Å²) in [6.45, 7) is 11.5. The topological polar surface area (TPSA) is 29.9 Å². The van der Waals surface area contributed by atoms with E-state index in [1.54, 1.807) is 0 Å². The molecule has 1 aromatic carbocycles. The molecule has 3 nitrogen and oxygen atoms in total. The van der Waals surface area contributed by atoms with Crippen molar-refractivity contribution >= 4 is 15.9 Å². The monoisotopic (exact) mass is 335 g/mol. The van der Waals surface area contributed by atoms with Gasteiger partial charge in [-0.05, 0) is 57.9 Å². The highest BCUT2D eigenvalue weighted by Crippen LogP contribution is 2.25. The van der Waals surface area contributed by atoms with E-state index in [4.69, 9.17) is 0 Å². The Morgan fingerprint density at radius 3 is 2.35 bits per heavy atom. The number of aromatic nitrogens is 2. The molecule has 20 heavy (non-hydrogen) atoms. The summed E-state index contributed by atoms with van der Waals surface area (Å²) in [5.41, 5.74) is 4.90. The average Bonchev–Trinajstić information content (AvgIpc) is 2.80. The molecule has 0 aliphatic rings. The van der Waals surface area contributed by atoms with Crippen molar-refractivity contribution in [2.24, 2.45) is 0 Å². The summed E-state index contributed by atoms with van der Waals surface area (Å²) in [5.74, 6) is 0. The standard InChI is InChI=1S/C16H22BrN3/c1-11-6-13(7-12(2)15(11)17)20-10-18-8-14(20)9-19-16(3,4)5/h6-8,10,19H,9H2,1-5H3. The minimum atomic E-state index is 0.0979. The highest BCUT2D eigenvalue weighted by molar-refractivity contribution is 9.10. The first-order valence-electron chi connectivity index (χ1n) is 6.81. The number of benzene rings is 1. The van der Waals surface area contributed by atoms with Crippen molar-refractivity contribution in [2.45, 2.75) is 46.7 Å². The molecule has 0 saturated carbocycles. The van der Waals surface area contributed by atoms with Crippen LogP contribution in [0.4, 0.5) is 0 Å². The second-order valence-corrected chi connectivity index (χ2v) is 7.05. The van der Waals surface area contributed by atoms with E-state index in [1.165, 1.54) is 21.3 Å². The van der Waals surface area contributed by atoms with Gasteiger partial charge in [0.1, 0.15) is 0 Å². The van der Waals surface area contributed by atoms with Crippen LogP contribution in [0.1, 0.15) is 37.6 Å². The van der Waals surface area contributed by atoms with Crippen molar-refractivity contribution in [3.63, 3.8) is 0 Å². The van der Waals surface area contributed by atoms with E-state index in [2.05, 4.69) is 77.5 Å². The number of nitrogens with one attached hydrogen (secondary N) is 1. The molecule has 0 amide bonds. The summed E-state index contributed by atoms with van der Waals surface area (Å²) in [6, 6.07) is 4.36. The Labute approximate surface area is 129 Å². The van der Waals surface area contributed by atoms with Gasteiger partial charge >= 0.3 is 0 Å². The van der Waals surface area contributed by atoms with Gasteiger partial charge in [0, 0.05) is 28.4 Å². The molecule has 0 fully saturated rings. The lowest BCUT2D eigenvalue weighted by Gasteiger charge is -2.21. The summed E-state index contributed by atoms with van der Waals surface area (Å²) in [4.78, 5) is 4.29. The van der Waals surface area contributed by atoms with Gasteiger partial charge in [0.25, 0.3) is 0 Å². The first kappa shape index (κ1) is 15.3. The van der Waals surface area contributed by atoms with Crippen LogP contribution in [-0.2, 0) is 6.54 Å². The Bertz CT molecular complexity index is 585. The van der Waals surface area contributed by atoms with E-state index >= 15 is 0 Å². The van der Waals surface area contributed by atoms with Crippen LogP contribution in [0, 0.1) is 13.8 Å². The molecule has 0 aliphatic carbocycles. The molecule has 4 heteroatoms. The normalized spacial score (nSPS) is 11.9. The van der Waals surface area contributed by atoms with Crippen LogP contribution >= 0.6 is 15.9 Å². The Balaban J connectivity index is 2.33. The van der Waals surface area contributed by atoms with Crippen LogP contribution in [0.3, 0.4) is 0 Å². The number of halogens is 1. The summed E-state index contributed by atoms with van der Waals surface area (Å²) < 4.78 is 3.32. The van der Waals surface area contributed by atoms with Crippen molar-refractivity contribution in [1.29, 1.82) is 0 Å². The molecule has 0 spiro atoms. The predicted molar refractivity (Wildman–Crippen MR) is 87.3 cm³/mol. The first-order valence-corrected chi connectivity index (χ1v) is 7.60. The number of hydrogen-bond acceptors (Lipinski definition) is 2. The number of rotatable bonds is 3. The molecule has 0 unspecified atom stereocenters. The summed E-state index contributed by atoms with van der Waals surface area (Å²) in [7, 11) is 0. The molecule has 1 N–H and O–H groups in total. The average molecular weight is 336 g/mol. The Morgan fingerprint density at radius 2 is 1.80 bits per heavy atom. The molecule has 1 heterocycles. The highest BCUT2D eigenvalue weighted by atomic mass is 79.9. The molecule has 108 valence electrons. The van der Waals surface area contributed by atoms with E-state index in [0.717, 1.165) is 12.2 Å². The van der Waals surface area contributed by atoms with Gasteiger partial charge in [0.05, 0.1) is 12.0 Å². The number of imidazole rings is 1. The third-order valence-electron chi connectivity index (χ3n) is 3.21. The maximum absolute atomic E-state index is 4.29. The van der Waals surface area contributed by atoms with Crippen molar-refractivity contribution < 1.29 is 0 Å². The fraction of sp³-hybridized carbons (Fsp3) is 0.438. The second kappa shape index (κ2) is 5.70. The van der Waals surface area contributed by atoms with Gasteiger partial charge in [0.15, 0.2) is 0 Å². The highest BCUT2D eigenvalue weighted by Gasteiger charge is 2.12. The van der Waals surface area contributed by atoms with Crippen molar-refractivity contribution in [1.82, 2.24) is 14.9 Å². The fourth-order valence-corrected chi connectivity index (χ4v) is 2.33. The largest absolute Gasteiger partial charge is 0.306 e. The number of nitrogens with zero attached hydrogens (tertiary/aromatic N) is 2. The third-order valence-corrected chi connectivity index (χ3v) is 4.47. The first-order chi connectivity index (χ1) is 9.28. The van der Waals surface area contributed by atoms with Gasteiger partial charge < -0.3 is 9.88 Å². The molecule has 0 bridgehead atoms. The smallest absolute Gasteiger partial charge is 0.0994 e. The van der Waals surface area contributed by atoms with Gasteiger partial charge in [-0.25, -0.2) is 4.98 Å². The Hall–Kier alpha value is -1.13. The molecule has 0 radical (unpaired) electrons. The number of hydrogen-bond donors (Lipinski definition) is 1. The minimum Gasteiger partial charge on any atom is -0.306 e. The van der Waals surface area contributed by atoms with E-state index in [9.17, 15) is 0 Å². The molecule has 2 rings (SSSR count). The maximum Gasteiger partial charge on any atom is 0.0994 e. The van der Waals surface area contributed by atoms with E-state index in [-0.39, 0.29) is 5.54 Å². The lowest BCUT2D eigenvalue weighted by atomic mass is 10.1. The Kier molecular flexibility index (Phi) is 4.35. The molecular formula is C16H22BrN3. The lowest BCUT2D eigenvalue weighted by Crippen LogP contribution is -2.35. The van der Waals surface area contributed by atoms with Gasteiger partial charge in [-0.3, -0.25) is 0 Å². The van der Waals surface area contributed by atoms with Gasteiger partial charge in [-0.15, -0.1) is 0 Å². The van der Waals surface area contributed by atoms with Crippen LogP contribution in [0.5, 0.6) is 0 Å². The summed E-state index contributed by atoms with van der Waals surface area (Å²) >= 11 is 3.61. The third kappa shape index (κ3) is 3.49. The zero-order valence-corrected chi connectivity index (χ0v) is 14.4. The Morgan fingerprint density at radius 1 is 1.20 bits per heavy atom. The van der Waals surface area contributed by atoms with Crippen LogP contribution in [0.25, 0.3) is 5.69 Å². The molecular weight excluding hydrogens is 314 g/mol. The van der Waals surface area contributed by atoms with Gasteiger partial charge in [-0.2, -0.15) is 0 Å². The van der Waals surface area contributed by atoms with Gasteiger partial charge in [-0.1, -0.05) is 15.9 Å². The van der Waals surface area contributed by atoms with Gasteiger partial charge in [0.2, 0.25) is 0 Å². The predicted octanol–water partition coefficient (Wildman–Crippen LogP) is 4.14. The van der Waals surface area contributed by atoms with Crippen molar-refractivity contribution in [3.8, 4) is 5.69 Å². The second-order valence-electron chi connectivity index (χ2n) is 6.25. The zero-order chi connectivity index (χ0) is 14.9. The fourth-order valence-electron chi connectivity index (χ4n) is 2.10.